The van der Waals surface area contributed by atoms with Gasteiger partial charge in [-0.05, 0) is 13.0 Å². The first-order valence-corrected chi connectivity index (χ1v) is 4.02. The molecule has 0 fully saturated rings. The highest BCUT2D eigenvalue weighted by Gasteiger charge is 2.31. The van der Waals surface area contributed by atoms with Gasteiger partial charge in [-0.2, -0.15) is 0 Å². The third-order valence-electron chi connectivity index (χ3n) is 1.91. The number of nitrogens with two attached hydrogens (primary N) is 1. The van der Waals surface area contributed by atoms with E-state index in [0.29, 0.717) is 5.88 Å². The molecule has 5 heteroatoms. The third kappa shape index (κ3) is 1.82. The summed E-state index contributed by atoms with van der Waals surface area (Å²) in [6, 6.07) is 4.83. The Morgan fingerprint density at radius 3 is 2.79 bits per heavy atom. The fraction of sp³-hybridized carbons (Fsp3) is 0.333. The molecule has 0 unspecified atom stereocenters. The van der Waals surface area contributed by atoms with Crippen LogP contribution in [-0.2, 0) is 10.3 Å². The first-order chi connectivity index (χ1) is 6.48. The second-order valence-electron chi connectivity index (χ2n) is 3.07. The number of methoxy groups -OCH3 is 1. The van der Waals surface area contributed by atoms with Crippen LogP contribution >= 0.6 is 0 Å². The van der Waals surface area contributed by atoms with Crippen LogP contribution in [0.3, 0.4) is 0 Å². The molecule has 5 nitrogen and oxygen atoms in total. The molecule has 1 aromatic rings. The van der Waals surface area contributed by atoms with E-state index in [0.717, 1.165) is 0 Å². The van der Waals surface area contributed by atoms with Gasteiger partial charge in [-0.15, -0.1) is 0 Å². The number of nitrogens with zero attached hydrogens (tertiary/aromatic N) is 1. The summed E-state index contributed by atoms with van der Waals surface area (Å²) in [6.45, 7) is 1.39. The number of aromatic nitrogens is 1. The van der Waals surface area contributed by atoms with Gasteiger partial charge < -0.3 is 15.6 Å². The highest BCUT2D eigenvalue weighted by Crippen LogP contribution is 2.18. The second kappa shape index (κ2) is 3.63. The number of carboxylic acid groups (broad SMARTS) is 1. The van der Waals surface area contributed by atoms with Crippen LogP contribution in [0.2, 0.25) is 0 Å². The lowest BCUT2D eigenvalue weighted by molar-refractivity contribution is -0.143. The highest BCUT2D eigenvalue weighted by atomic mass is 16.5. The Balaban J connectivity index is 3.12. The van der Waals surface area contributed by atoms with Crippen molar-refractivity contribution in [2.45, 2.75) is 12.5 Å². The third-order valence-corrected chi connectivity index (χ3v) is 1.91. The summed E-state index contributed by atoms with van der Waals surface area (Å²) in [5.74, 6) is -0.779. The quantitative estimate of drug-likeness (QED) is 0.728. The van der Waals surface area contributed by atoms with Gasteiger partial charge in [-0.25, -0.2) is 9.78 Å². The average molecular weight is 196 g/mol. The topological polar surface area (TPSA) is 85.4 Å². The van der Waals surface area contributed by atoms with Gasteiger partial charge in [-0.3, -0.25) is 0 Å². The lowest BCUT2D eigenvalue weighted by Crippen LogP contribution is -2.42. The molecule has 1 atom stereocenters. The first kappa shape index (κ1) is 10.5. The molecular formula is C9H12N2O3. The van der Waals surface area contributed by atoms with Crippen molar-refractivity contribution in [3.8, 4) is 5.88 Å². The zero-order valence-corrected chi connectivity index (χ0v) is 8.02. The van der Waals surface area contributed by atoms with Crippen LogP contribution in [0.5, 0.6) is 5.88 Å². The van der Waals surface area contributed by atoms with Crippen LogP contribution in [0.25, 0.3) is 0 Å². The fourth-order valence-corrected chi connectivity index (χ4v) is 0.927. The van der Waals surface area contributed by atoms with E-state index in [1.807, 2.05) is 0 Å². The Kier molecular flexibility index (Phi) is 2.71. The Morgan fingerprint density at radius 1 is 1.64 bits per heavy atom. The molecule has 0 amide bonds. The number of ether oxygens (including phenoxy) is 1. The fourth-order valence-electron chi connectivity index (χ4n) is 0.927. The van der Waals surface area contributed by atoms with Crippen LogP contribution in [-0.4, -0.2) is 23.2 Å². The van der Waals surface area contributed by atoms with E-state index in [1.54, 1.807) is 18.2 Å². The number of carboxylic acids is 1. The molecule has 0 bridgehead atoms. The lowest BCUT2D eigenvalue weighted by Gasteiger charge is -2.18. The molecule has 0 saturated carbocycles. The molecule has 0 aliphatic heterocycles. The van der Waals surface area contributed by atoms with Crippen LogP contribution in [0, 0.1) is 0 Å². The van der Waals surface area contributed by atoms with Crippen molar-refractivity contribution < 1.29 is 14.6 Å². The maximum atomic E-state index is 10.8. The number of rotatable bonds is 3. The minimum Gasteiger partial charge on any atom is -0.481 e. The highest BCUT2D eigenvalue weighted by molar-refractivity contribution is 5.79. The summed E-state index contributed by atoms with van der Waals surface area (Å²) in [4.78, 5) is 14.8. The number of hydrogen-bond acceptors (Lipinski definition) is 4. The predicted molar refractivity (Wildman–Crippen MR) is 50.0 cm³/mol. The number of carbonyl (C=O) groups is 1. The molecule has 0 saturated heterocycles. The van der Waals surface area contributed by atoms with Gasteiger partial charge in [0.15, 0.2) is 5.54 Å². The molecular weight excluding hydrogens is 184 g/mol. The molecule has 0 radical (unpaired) electrons. The van der Waals surface area contributed by atoms with Crippen LogP contribution in [0.4, 0.5) is 0 Å². The molecule has 0 aromatic carbocycles. The van der Waals surface area contributed by atoms with E-state index >= 15 is 0 Å². The Bertz CT molecular complexity index is 350. The molecule has 1 heterocycles. The van der Waals surface area contributed by atoms with Crippen molar-refractivity contribution in [3.05, 3.63) is 23.9 Å². The van der Waals surface area contributed by atoms with Crippen molar-refractivity contribution in [1.29, 1.82) is 0 Å². The van der Waals surface area contributed by atoms with Crippen LogP contribution in [0.1, 0.15) is 12.6 Å². The SMILES string of the molecule is COc1cccc([C@](C)(N)C(=O)O)n1. The monoisotopic (exact) mass is 196 g/mol. The minimum atomic E-state index is -1.49. The summed E-state index contributed by atoms with van der Waals surface area (Å²) >= 11 is 0. The molecule has 0 aliphatic rings. The zero-order chi connectivity index (χ0) is 10.8. The smallest absolute Gasteiger partial charge is 0.329 e. The van der Waals surface area contributed by atoms with E-state index in [9.17, 15) is 4.79 Å². The van der Waals surface area contributed by atoms with Gasteiger partial charge in [0, 0.05) is 6.07 Å². The van der Waals surface area contributed by atoms with Crippen molar-refractivity contribution in [1.82, 2.24) is 4.98 Å². The van der Waals surface area contributed by atoms with Crippen LogP contribution < -0.4 is 10.5 Å². The molecule has 14 heavy (non-hydrogen) atoms. The second-order valence-corrected chi connectivity index (χ2v) is 3.07. The van der Waals surface area contributed by atoms with E-state index in [2.05, 4.69) is 4.98 Å². The summed E-state index contributed by atoms with van der Waals surface area (Å²) in [5.41, 5.74) is 4.36. The Morgan fingerprint density at radius 2 is 2.29 bits per heavy atom. The molecule has 1 rings (SSSR count). The van der Waals surface area contributed by atoms with Crippen molar-refractivity contribution in [3.63, 3.8) is 0 Å². The zero-order valence-electron chi connectivity index (χ0n) is 8.02. The van der Waals surface area contributed by atoms with Crippen molar-refractivity contribution in [2.24, 2.45) is 5.73 Å². The normalized spacial score (nSPS) is 14.5. The predicted octanol–water partition coefficient (Wildman–Crippen LogP) is 0.349. The van der Waals surface area contributed by atoms with Gasteiger partial charge in [0.1, 0.15) is 0 Å². The van der Waals surface area contributed by atoms with Gasteiger partial charge in [0.25, 0.3) is 0 Å². The Labute approximate surface area is 81.5 Å². The van der Waals surface area contributed by atoms with Crippen LogP contribution in [0.15, 0.2) is 18.2 Å². The maximum absolute atomic E-state index is 10.8. The molecule has 3 N–H and O–H groups in total. The van der Waals surface area contributed by atoms with Gasteiger partial charge in [0.2, 0.25) is 5.88 Å². The number of pyridine rings is 1. The molecule has 1 aromatic heterocycles. The van der Waals surface area contributed by atoms with E-state index in [1.165, 1.54) is 14.0 Å². The summed E-state index contributed by atoms with van der Waals surface area (Å²) in [6.07, 6.45) is 0. The van der Waals surface area contributed by atoms with Crippen molar-refractivity contribution in [2.75, 3.05) is 7.11 Å². The summed E-state index contributed by atoms with van der Waals surface area (Å²) in [7, 11) is 1.46. The van der Waals surface area contributed by atoms with Gasteiger partial charge >= 0.3 is 5.97 Å². The summed E-state index contributed by atoms with van der Waals surface area (Å²) < 4.78 is 4.87. The minimum absolute atomic E-state index is 0.268. The standard InChI is InChI=1S/C9H12N2O3/c1-9(10,8(12)13)6-4-3-5-7(11-6)14-2/h3-5H,10H2,1-2H3,(H,12,13)/t9-/m0/s1. The number of aliphatic carboxylic acids is 1. The maximum Gasteiger partial charge on any atom is 0.329 e. The van der Waals surface area contributed by atoms with E-state index < -0.39 is 11.5 Å². The average Bonchev–Trinajstić information content (AvgIpc) is 2.17. The van der Waals surface area contributed by atoms with Gasteiger partial charge in [0.05, 0.1) is 12.8 Å². The Hall–Kier alpha value is -1.62. The van der Waals surface area contributed by atoms with Gasteiger partial charge in [-0.1, -0.05) is 6.07 Å². The summed E-state index contributed by atoms with van der Waals surface area (Å²) in [5, 5.41) is 8.85. The molecule has 0 spiro atoms. The number of hydrogen-bond donors (Lipinski definition) is 2. The lowest BCUT2D eigenvalue weighted by atomic mass is 9.99. The van der Waals surface area contributed by atoms with E-state index in [-0.39, 0.29) is 5.69 Å². The largest absolute Gasteiger partial charge is 0.481 e. The molecule has 76 valence electrons. The van der Waals surface area contributed by atoms with E-state index in [4.69, 9.17) is 15.6 Å². The first-order valence-electron chi connectivity index (χ1n) is 4.02. The molecule has 0 aliphatic carbocycles. The van der Waals surface area contributed by atoms with Crippen molar-refractivity contribution >= 4 is 5.97 Å².